The van der Waals surface area contributed by atoms with Gasteiger partial charge in [0.25, 0.3) is 0 Å². The van der Waals surface area contributed by atoms with E-state index in [9.17, 15) is 14.3 Å². The van der Waals surface area contributed by atoms with Crippen molar-refractivity contribution in [1.82, 2.24) is 0 Å². The van der Waals surface area contributed by atoms with Crippen LogP contribution in [-0.4, -0.2) is 10.2 Å². The molecule has 1 atom stereocenters. The molecule has 1 aromatic carbocycles. The van der Waals surface area contributed by atoms with Gasteiger partial charge in [-0.3, -0.25) is 0 Å². The van der Waals surface area contributed by atoms with Gasteiger partial charge in [0.1, 0.15) is 10.8 Å². The van der Waals surface area contributed by atoms with Gasteiger partial charge in [0.2, 0.25) is 0 Å². The molecule has 0 saturated carbocycles. The van der Waals surface area contributed by atoms with E-state index in [2.05, 4.69) is 15.7 Å². The van der Waals surface area contributed by atoms with Crippen molar-refractivity contribution in [2.75, 3.05) is 5.32 Å². The van der Waals surface area contributed by atoms with Crippen molar-refractivity contribution in [2.24, 2.45) is 9.50 Å². The van der Waals surface area contributed by atoms with Gasteiger partial charge in [-0.2, -0.15) is 5.26 Å². The van der Waals surface area contributed by atoms with Gasteiger partial charge in [-0.25, -0.2) is 14.1 Å². The Kier molecular flexibility index (Phi) is 3.66. The summed E-state index contributed by atoms with van der Waals surface area (Å²) >= 11 is 0. The second-order valence-corrected chi connectivity index (χ2v) is 6.12. The monoisotopic (exact) mass is 304 g/mol. The van der Waals surface area contributed by atoms with E-state index < -0.39 is 16.8 Å². The maximum absolute atomic E-state index is 11.8. The number of nitrogens with zero attached hydrogens (tertiary/aromatic N) is 2. The molecule has 0 aromatic heterocycles. The lowest BCUT2D eigenvalue weighted by molar-refractivity contribution is 0.260. The minimum absolute atomic E-state index is 0.675. The Bertz CT molecular complexity index is 722. The van der Waals surface area contributed by atoms with Crippen molar-refractivity contribution in [3.63, 3.8) is 0 Å². The first-order valence-corrected chi connectivity index (χ1v) is 8.24. The average molecular weight is 304 g/mol. The quantitative estimate of drug-likeness (QED) is 0.686. The fraction of sp³-hybridized carbons (Fsp3) is 0.429. The van der Waals surface area contributed by atoms with Crippen molar-refractivity contribution >= 4 is 22.5 Å². The van der Waals surface area contributed by atoms with Gasteiger partial charge in [0.15, 0.2) is 0 Å². The van der Waals surface area contributed by atoms with Gasteiger partial charge in [-0.15, -0.1) is 4.36 Å². The Balaban J connectivity index is 2.14. The van der Waals surface area contributed by atoms with Crippen LogP contribution in [-0.2, 0) is 36.5 Å². The van der Waals surface area contributed by atoms with Gasteiger partial charge in [-0.1, -0.05) is 0 Å². The van der Waals surface area contributed by atoms with E-state index in [1.807, 2.05) is 0 Å². The molecule has 2 amide bonds. The van der Waals surface area contributed by atoms with E-state index >= 15 is 0 Å². The van der Waals surface area contributed by atoms with E-state index in [0.29, 0.717) is 0 Å². The molecule has 2 aliphatic rings. The highest BCUT2D eigenvalue weighted by Crippen LogP contribution is 2.41. The summed E-state index contributed by atoms with van der Waals surface area (Å²) in [6.45, 7) is 0. The number of urea groups is 1. The van der Waals surface area contributed by atoms with Crippen LogP contribution in [0.3, 0.4) is 0 Å². The molecule has 2 aliphatic carbocycles. The molecule has 0 radical (unpaired) electrons. The zero-order valence-electron chi connectivity index (χ0n) is 11.5. The summed E-state index contributed by atoms with van der Waals surface area (Å²) in [6.07, 6.45) is 5.41. The SMILES string of the molecule is N#Cc1c2c(c(NC(=O)/N=[SH](\N)=O)c3c1CCC3)CCC2. The Morgan fingerprint density at radius 2 is 1.67 bits per heavy atom. The topological polar surface area (TPSA) is 108 Å². The maximum atomic E-state index is 11.8. The Morgan fingerprint density at radius 1 is 1.14 bits per heavy atom. The molecule has 0 bridgehead atoms. The van der Waals surface area contributed by atoms with E-state index in [1.165, 1.54) is 0 Å². The van der Waals surface area contributed by atoms with Crippen LogP contribution in [0.4, 0.5) is 10.5 Å². The molecule has 0 spiro atoms. The molecular formula is C14H16N4O2S. The normalized spacial score (nSPS) is 17.1. The van der Waals surface area contributed by atoms with Crippen LogP contribution in [0.5, 0.6) is 0 Å². The third kappa shape index (κ3) is 2.41. The molecule has 110 valence electrons. The number of nitriles is 1. The molecule has 6 nitrogen and oxygen atoms in total. The van der Waals surface area contributed by atoms with Crippen LogP contribution < -0.4 is 10.5 Å². The molecule has 1 aromatic rings. The molecule has 3 N–H and O–H groups in total. The number of rotatable bonds is 1. The highest BCUT2D eigenvalue weighted by molar-refractivity contribution is 7.72. The highest BCUT2D eigenvalue weighted by Gasteiger charge is 2.29. The average Bonchev–Trinajstić information content (AvgIpc) is 3.05. The summed E-state index contributed by atoms with van der Waals surface area (Å²) < 4.78 is 14.2. The Hall–Kier alpha value is -1.91. The lowest BCUT2D eigenvalue weighted by Crippen LogP contribution is -2.13. The second kappa shape index (κ2) is 5.47. The van der Waals surface area contributed by atoms with Crippen LogP contribution in [0.1, 0.15) is 40.7 Å². The van der Waals surface area contributed by atoms with Crippen LogP contribution in [0, 0.1) is 11.3 Å². The van der Waals surface area contributed by atoms with Gasteiger partial charge in [0, 0.05) is 5.69 Å². The zero-order chi connectivity index (χ0) is 15.0. The van der Waals surface area contributed by atoms with Gasteiger partial charge >= 0.3 is 6.03 Å². The van der Waals surface area contributed by atoms with Gasteiger partial charge in [0.05, 0.1) is 11.6 Å². The van der Waals surface area contributed by atoms with Crippen LogP contribution >= 0.6 is 0 Å². The summed E-state index contributed by atoms with van der Waals surface area (Å²) in [5.41, 5.74) is 5.79. The fourth-order valence-corrected chi connectivity index (χ4v) is 3.69. The van der Waals surface area contributed by atoms with E-state index in [-0.39, 0.29) is 0 Å². The van der Waals surface area contributed by atoms with Crippen LogP contribution in [0.2, 0.25) is 0 Å². The smallest absolute Gasteiger partial charge is 0.305 e. The lowest BCUT2D eigenvalue weighted by atomic mass is 9.93. The molecule has 0 fully saturated rings. The number of hydrogen-bond acceptors (Lipinski definition) is 3. The van der Waals surface area contributed by atoms with Crippen molar-refractivity contribution in [2.45, 2.75) is 38.5 Å². The number of thiol groups is 1. The minimum Gasteiger partial charge on any atom is -0.305 e. The lowest BCUT2D eigenvalue weighted by Gasteiger charge is -2.16. The van der Waals surface area contributed by atoms with Crippen molar-refractivity contribution in [3.05, 3.63) is 27.8 Å². The summed E-state index contributed by atoms with van der Waals surface area (Å²) in [5.74, 6) is 0. The van der Waals surface area contributed by atoms with Crippen molar-refractivity contribution < 1.29 is 9.00 Å². The first kappa shape index (κ1) is 14.0. The zero-order valence-corrected chi connectivity index (χ0v) is 12.4. The molecule has 1 unspecified atom stereocenters. The standard InChI is InChI=1S/C14H16N4O2S/c15-7-12-8-3-1-5-10(8)13(11-6-2-4-9(11)12)17-14(19)18-21(16)20/h21H,1-6H2,(H3,16,17,18,19,20). The summed E-state index contributed by atoms with van der Waals surface area (Å²) in [7, 11) is -2.35. The molecule has 0 heterocycles. The number of hydrogen-bond donors (Lipinski definition) is 3. The van der Waals surface area contributed by atoms with Crippen molar-refractivity contribution in [3.8, 4) is 6.07 Å². The van der Waals surface area contributed by atoms with Crippen LogP contribution in [0.25, 0.3) is 0 Å². The molecule has 7 heteroatoms. The Morgan fingerprint density at radius 3 is 2.14 bits per heavy atom. The van der Waals surface area contributed by atoms with Gasteiger partial charge in [-0.05, 0) is 60.8 Å². The summed E-state index contributed by atoms with van der Waals surface area (Å²) in [4.78, 5) is 11.8. The number of nitrogens with two attached hydrogens (primary N) is 1. The number of carbonyl (C=O) groups is 1. The first-order valence-electron chi connectivity index (χ1n) is 6.96. The predicted molar refractivity (Wildman–Crippen MR) is 80.4 cm³/mol. The third-order valence-corrected chi connectivity index (χ3v) is 4.55. The van der Waals surface area contributed by atoms with E-state index in [4.69, 9.17) is 5.14 Å². The number of carbonyl (C=O) groups excluding carboxylic acids is 1. The number of amides is 2. The summed E-state index contributed by atoms with van der Waals surface area (Å²) in [5, 5.41) is 17.2. The number of nitrogens with one attached hydrogen (secondary N) is 1. The number of fused-ring (bicyclic) bond motifs is 2. The largest absolute Gasteiger partial charge is 0.354 e. The number of benzene rings is 1. The summed E-state index contributed by atoms with van der Waals surface area (Å²) in [6, 6.07) is 1.66. The highest BCUT2D eigenvalue weighted by atomic mass is 32.2. The van der Waals surface area contributed by atoms with Gasteiger partial charge < -0.3 is 5.32 Å². The molecule has 0 aliphatic heterocycles. The van der Waals surface area contributed by atoms with E-state index in [1.54, 1.807) is 0 Å². The predicted octanol–water partition coefficient (Wildman–Crippen LogP) is 1.61. The van der Waals surface area contributed by atoms with Crippen LogP contribution in [0.15, 0.2) is 4.36 Å². The number of anilines is 1. The molecule has 0 saturated heterocycles. The minimum atomic E-state index is -2.35. The Labute approximate surface area is 124 Å². The third-order valence-electron chi connectivity index (χ3n) is 4.18. The first-order chi connectivity index (χ1) is 10.1. The second-order valence-electron chi connectivity index (χ2n) is 5.32. The molecule has 21 heavy (non-hydrogen) atoms. The maximum Gasteiger partial charge on any atom is 0.354 e. The molecule has 3 rings (SSSR count). The van der Waals surface area contributed by atoms with E-state index in [0.717, 1.165) is 72.0 Å². The fourth-order valence-electron chi connectivity index (χ4n) is 3.46. The molecular weight excluding hydrogens is 288 g/mol. The van der Waals surface area contributed by atoms with Crippen molar-refractivity contribution in [1.29, 1.82) is 5.26 Å².